The summed E-state index contributed by atoms with van der Waals surface area (Å²) in [4.78, 5) is 11.2. The van der Waals surface area contributed by atoms with Gasteiger partial charge in [-0.1, -0.05) is 18.2 Å². The van der Waals surface area contributed by atoms with Crippen molar-refractivity contribution < 1.29 is 9.53 Å². The van der Waals surface area contributed by atoms with Crippen LogP contribution in [-0.4, -0.2) is 12.5 Å². The number of esters is 1. The van der Waals surface area contributed by atoms with Gasteiger partial charge in [0.25, 0.3) is 0 Å². The Morgan fingerprint density at radius 2 is 2.17 bits per heavy atom. The quantitative estimate of drug-likeness (QED) is 0.624. The average Bonchev–Trinajstić information content (AvgIpc) is 2.44. The summed E-state index contributed by atoms with van der Waals surface area (Å²) < 4.78 is 5.02. The lowest BCUT2D eigenvalue weighted by atomic mass is 10.1. The molecule has 3 heteroatoms. The van der Waals surface area contributed by atoms with Crippen molar-refractivity contribution >= 4 is 5.97 Å². The van der Waals surface area contributed by atoms with Crippen molar-refractivity contribution in [3.63, 3.8) is 0 Å². The number of ether oxygens (including phenoxy) is 1. The van der Waals surface area contributed by atoms with Crippen molar-refractivity contribution in [3.8, 4) is 0 Å². The lowest BCUT2D eigenvalue weighted by Gasteiger charge is -2.05. The van der Waals surface area contributed by atoms with E-state index in [9.17, 15) is 4.79 Å². The molecule has 0 aliphatic carbocycles. The van der Waals surface area contributed by atoms with Gasteiger partial charge < -0.3 is 10.5 Å². The van der Waals surface area contributed by atoms with E-state index in [1.807, 2.05) is 18.2 Å². The Morgan fingerprint density at radius 1 is 1.42 bits per heavy atom. The van der Waals surface area contributed by atoms with Gasteiger partial charge in [-0.05, 0) is 6.07 Å². The fourth-order valence-electron chi connectivity index (χ4n) is 1.39. The van der Waals surface area contributed by atoms with Crippen LogP contribution in [0.3, 0.4) is 0 Å². The number of benzene rings is 1. The first kappa shape index (κ1) is 7.31. The summed E-state index contributed by atoms with van der Waals surface area (Å²) in [5.74, 6) is -0.263. The van der Waals surface area contributed by atoms with Crippen molar-refractivity contribution in [2.75, 3.05) is 6.54 Å². The standard InChI is InChI=1S/C9H9NO2/c10-5-8-6-3-1-2-4-7(6)9(11)12-8/h1-4,8H,5,10H2/t8-/m1/s1. The number of carbonyl (C=O) groups excluding carboxylic acids is 1. The van der Waals surface area contributed by atoms with E-state index < -0.39 is 0 Å². The van der Waals surface area contributed by atoms with Crippen LogP contribution in [0.4, 0.5) is 0 Å². The summed E-state index contributed by atoms with van der Waals surface area (Å²) >= 11 is 0. The van der Waals surface area contributed by atoms with Gasteiger partial charge in [-0.3, -0.25) is 0 Å². The van der Waals surface area contributed by atoms with Gasteiger partial charge in [0, 0.05) is 12.1 Å². The monoisotopic (exact) mass is 163 g/mol. The number of carbonyl (C=O) groups is 1. The molecule has 0 fully saturated rings. The predicted molar refractivity (Wildman–Crippen MR) is 43.7 cm³/mol. The molecule has 2 N–H and O–H groups in total. The molecule has 0 aromatic heterocycles. The Kier molecular flexibility index (Phi) is 1.59. The van der Waals surface area contributed by atoms with Crippen LogP contribution in [0.25, 0.3) is 0 Å². The number of nitrogens with two attached hydrogens (primary N) is 1. The molecule has 0 saturated heterocycles. The number of cyclic esters (lactones) is 1. The Morgan fingerprint density at radius 3 is 2.92 bits per heavy atom. The summed E-state index contributed by atoms with van der Waals surface area (Å²) in [6, 6.07) is 7.33. The van der Waals surface area contributed by atoms with Gasteiger partial charge in [0.2, 0.25) is 0 Å². The van der Waals surface area contributed by atoms with Gasteiger partial charge in [-0.15, -0.1) is 0 Å². The van der Waals surface area contributed by atoms with E-state index >= 15 is 0 Å². The van der Waals surface area contributed by atoms with Crippen LogP contribution in [0.1, 0.15) is 22.0 Å². The molecule has 62 valence electrons. The molecule has 3 nitrogen and oxygen atoms in total. The first-order chi connectivity index (χ1) is 5.83. The molecule has 0 spiro atoms. The van der Waals surface area contributed by atoms with Crippen LogP contribution in [0.2, 0.25) is 0 Å². The highest BCUT2D eigenvalue weighted by Crippen LogP contribution is 2.28. The van der Waals surface area contributed by atoms with Crippen LogP contribution in [0, 0.1) is 0 Å². The van der Waals surface area contributed by atoms with E-state index in [2.05, 4.69) is 0 Å². The maximum atomic E-state index is 11.2. The van der Waals surface area contributed by atoms with Crippen LogP contribution in [0.5, 0.6) is 0 Å². The normalized spacial score (nSPS) is 20.4. The van der Waals surface area contributed by atoms with Gasteiger partial charge in [0.1, 0.15) is 6.10 Å². The first-order valence-electron chi connectivity index (χ1n) is 3.83. The second kappa shape index (κ2) is 2.60. The van der Waals surface area contributed by atoms with E-state index in [1.54, 1.807) is 6.07 Å². The molecule has 1 atom stereocenters. The maximum Gasteiger partial charge on any atom is 0.339 e. The van der Waals surface area contributed by atoms with E-state index in [1.165, 1.54) is 0 Å². The third-order valence-corrected chi connectivity index (χ3v) is 1.99. The minimum atomic E-state index is -0.263. The second-order valence-corrected chi connectivity index (χ2v) is 2.72. The highest BCUT2D eigenvalue weighted by Gasteiger charge is 2.28. The van der Waals surface area contributed by atoms with E-state index in [0.717, 1.165) is 5.56 Å². The highest BCUT2D eigenvalue weighted by molar-refractivity contribution is 5.93. The zero-order valence-corrected chi connectivity index (χ0v) is 6.49. The Labute approximate surface area is 70.1 Å². The summed E-state index contributed by atoms with van der Waals surface area (Å²) in [7, 11) is 0. The van der Waals surface area contributed by atoms with Gasteiger partial charge >= 0.3 is 5.97 Å². The fraction of sp³-hybridized carbons (Fsp3) is 0.222. The lowest BCUT2D eigenvalue weighted by molar-refractivity contribution is 0.0403. The number of hydrogen-bond acceptors (Lipinski definition) is 3. The first-order valence-corrected chi connectivity index (χ1v) is 3.83. The summed E-state index contributed by atoms with van der Waals surface area (Å²) in [6.07, 6.45) is -0.242. The van der Waals surface area contributed by atoms with Gasteiger partial charge in [-0.25, -0.2) is 4.79 Å². The minimum Gasteiger partial charge on any atom is -0.452 e. The van der Waals surface area contributed by atoms with Crippen molar-refractivity contribution in [2.45, 2.75) is 6.10 Å². The highest BCUT2D eigenvalue weighted by atomic mass is 16.5. The molecule has 1 aromatic rings. The molecule has 1 heterocycles. The molecule has 1 aliphatic rings. The summed E-state index contributed by atoms with van der Waals surface area (Å²) in [5, 5.41) is 0. The Balaban J connectivity index is 2.50. The lowest BCUT2D eigenvalue weighted by Crippen LogP contribution is -2.11. The Bertz CT molecular complexity index is 322. The van der Waals surface area contributed by atoms with E-state index in [0.29, 0.717) is 12.1 Å². The Hall–Kier alpha value is -1.35. The molecule has 1 aromatic carbocycles. The van der Waals surface area contributed by atoms with Gasteiger partial charge in [-0.2, -0.15) is 0 Å². The predicted octanol–water partition coefficient (Wildman–Crippen LogP) is 0.857. The SMILES string of the molecule is NC[C@H]1OC(=O)c2ccccc21. The van der Waals surface area contributed by atoms with Crippen molar-refractivity contribution in [1.29, 1.82) is 0 Å². The van der Waals surface area contributed by atoms with Gasteiger partial charge in [0.05, 0.1) is 5.56 Å². The fourth-order valence-corrected chi connectivity index (χ4v) is 1.39. The average molecular weight is 163 g/mol. The van der Waals surface area contributed by atoms with Crippen LogP contribution < -0.4 is 5.73 Å². The van der Waals surface area contributed by atoms with E-state index in [4.69, 9.17) is 10.5 Å². The largest absolute Gasteiger partial charge is 0.452 e. The third kappa shape index (κ3) is 0.905. The van der Waals surface area contributed by atoms with Crippen molar-refractivity contribution in [1.82, 2.24) is 0 Å². The molecule has 0 unspecified atom stereocenters. The number of fused-ring (bicyclic) bond motifs is 1. The van der Waals surface area contributed by atoms with Crippen LogP contribution >= 0.6 is 0 Å². The molecular weight excluding hydrogens is 154 g/mol. The molecule has 0 bridgehead atoms. The van der Waals surface area contributed by atoms with Crippen molar-refractivity contribution in [2.24, 2.45) is 5.73 Å². The summed E-state index contributed by atoms with van der Waals surface area (Å²) in [5.41, 5.74) is 6.99. The zero-order chi connectivity index (χ0) is 8.55. The van der Waals surface area contributed by atoms with Crippen molar-refractivity contribution in [3.05, 3.63) is 35.4 Å². The number of hydrogen-bond donors (Lipinski definition) is 1. The number of rotatable bonds is 1. The molecule has 0 amide bonds. The molecular formula is C9H9NO2. The van der Waals surface area contributed by atoms with E-state index in [-0.39, 0.29) is 12.1 Å². The van der Waals surface area contributed by atoms with Gasteiger partial charge in [0.15, 0.2) is 0 Å². The van der Waals surface area contributed by atoms with Crippen LogP contribution in [-0.2, 0) is 4.74 Å². The molecule has 12 heavy (non-hydrogen) atoms. The zero-order valence-electron chi connectivity index (χ0n) is 6.49. The molecule has 1 aliphatic heterocycles. The van der Waals surface area contributed by atoms with Crippen LogP contribution in [0.15, 0.2) is 24.3 Å². The minimum absolute atomic E-state index is 0.242. The second-order valence-electron chi connectivity index (χ2n) is 2.72. The molecule has 2 rings (SSSR count). The molecule has 0 radical (unpaired) electrons. The smallest absolute Gasteiger partial charge is 0.339 e. The molecule has 0 saturated carbocycles. The maximum absolute atomic E-state index is 11.2. The topological polar surface area (TPSA) is 52.3 Å². The summed E-state index contributed by atoms with van der Waals surface area (Å²) in [6.45, 7) is 0.350. The third-order valence-electron chi connectivity index (χ3n) is 1.99.